The number of ether oxygens (including phenoxy) is 1. The number of carbonyl (C=O) groups is 3. The number of hydrogen-bond donors (Lipinski definition) is 2. The van der Waals surface area contributed by atoms with Gasteiger partial charge in [0.1, 0.15) is 11.8 Å². The molecule has 1 saturated heterocycles. The molecule has 1 fully saturated rings. The van der Waals surface area contributed by atoms with Crippen LogP contribution in [-0.2, 0) is 23.2 Å². The quantitative estimate of drug-likeness (QED) is 0.747. The van der Waals surface area contributed by atoms with Crippen molar-refractivity contribution >= 4 is 23.7 Å². The van der Waals surface area contributed by atoms with Crippen LogP contribution in [0.2, 0.25) is 0 Å². The number of methoxy groups -OCH3 is 1. The van der Waals surface area contributed by atoms with Gasteiger partial charge in [0.2, 0.25) is 5.91 Å². The average molecular weight is 357 g/mol. The number of aryl methyl sites for hydroxylation is 1. The summed E-state index contributed by atoms with van der Waals surface area (Å²) in [7, 11) is 3.29. The molecular weight excluding hydrogens is 338 g/mol. The summed E-state index contributed by atoms with van der Waals surface area (Å²) >= 11 is 0. The van der Waals surface area contributed by atoms with Crippen molar-refractivity contribution in [2.75, 3.05) is 12.4 Å². The monoisotopic (exact) mass is 357 g/mol. The van der Waals surface area contributed by atoms with Crippen LogP contribution < -0.4 is 15.4 Å². The number of amides is 4. The standard InChI is InChI=1S/C17H19N5O4/c1-21-8-7-14(20-21)19-15(23)9-13-16(24)22(17(25)18-13)10-11-3-5-12(26-2)6-4-11/h3-8,13H,9-10H2,1-2H3,(H,18,25)(H,19,20,23)/t13-/m0/s1. The van der Waals surface area contributed by atoms with Gasteiger partial charge in [-0.3, -0.25) is 19.2 Å². The zero-order valence-electron chi connectivity index (χ0n) is 14.4. The van der Waals surface area contributed by atoms with Crippen LogP contribution in [0, 0.1) is 0 Å². The highest BCUT2D eigenvalue weighted by molar-refractivity contribution is 6.06. The van der Waals surface area contributed by atoms with Gasteiger partial charge in [0.05, 0.1) is 20.1 Å². The summed E-state index contributed by atoms with van der Waals surface area (Å²) in [5.74, 6) is 0.259. The molecule has 0 bridgehead atoms. The maximum atomic E-state index is 12.5. The maximum absolute atomic E-state index is 12.5. The predicted molar refractivity (Wildman–Crippen MR) is 92.3 cm³/mol. The van der Waals surface area contributed by atoms with Crippen molar-refractivity contribution in [1.29, 1.82) is 0 Å². The molecule has 0 saturated carbocycles. The molecule has 136 valence electrons. The van der Waals surface area contributed by atoms with E-state index in [4.69, 9.17) is 4.74 Å². The number of urea groups is 1. The van der Waals surface area contributed by atoms with Gasteiger partial charge in [-0.1, -0.05) is 12.1 Å². The van der Waals surface area contributed by atoms with Crippen LogP contribution in [0.1, 0.15) is 12.0 Å². The molecule has 1 aliphatic rings. The first-order valence-electron chi connectivity index (χ1n) is 8.00. The zero-order chi connectivity index (χ0) is 18.7. The molecule has 3 rings (SSSR count). The number of nitrogens with one attached hydrogen (secondary N) is 2. The molecule has 9 heteroatoms. The largest absolute Gasteiger partial charge is 0.497 e. The van der Waals surface area contributed by atoms with E-state index in [1.54, 1.807) is 55.4 Å². The summed E-state index contributed by atoms with van der Waals surface area (Å²) in [5.41, 5.74) is 0.785. The van der Waals surface area contributed by atoms with Gasteiger partial charge in [-0.05, 0) is 17.7 Å². The van der Waals surface area contributed by atoms with E-state index in [-0.39, 0.29) is 13.0 Å². The van der Waals surface area contributed by atoms with Crippen molar-refractivity contribution in [1.82, 2.24) is 20.0 Å². The number of rotatable bonds is 6. The Kier molecular flexibility index (Phi) is 4.87. The topological polar surface area (TPSA) is 106 Å². The number of aromatic nitrogens is 2. The number of carbonyl (C=O) groups excluding carboxylic acids is 3. The zero-order valence-corrected chi connectivity index (χ0v) is 14.4. The Morgan fingerprint density at radius 1 is 1.27 bits per heavy atom. The van der Waals surface area contributed by atoms with Gasteiger partial charge in [-0.15, -0.1) is 0 Å². The summed E-state index contributed by atoms with van der Waals surface area (Å²) in [5, 5.41) is 9.18. The molecule has 1 aromatic heterocycles. The van der Waals surface area contributed by atoms with E-state index in [2.05, 4.69) is 15.7 Å². The molecule has 1 atom stereocenters. The molecule has 9 nitrogen and oxygen atoms in total. The summed E-state index contributed by atoms with van der Waals surface area (Å²) in [4.78, 5) is 37.7. The highest BCUT2D eigenvalue weighted by Gasteiger charge is 2.39. The van der Waals surface area contributed by atoms with E-state index < -0.39 is 23.9 Å². The normalized spacial score (nSPS) is 16.5. The first-order valence-corrected chi connectivity index (χ1v) is 8.00. The molecule has 2 aromatic rings. The lowest BCUT2D eigenvalue weighted by atomic mass is 10.1. The van der Waals surface area contributed by atoms with Crippen LogP contribution in [0.3, 0.4) is 0 Å². The lowest BCUT2D eigenvalue weighted by Crippen LogP contribution is -2.34. The lowest BCUT2D eigenvalue weighted by Gasteiger charge is -2.13. The Balaban J connectivity index is 1.59. The molecule has 4 amide bonds. The van der Waals surface area contributed by atoms with Gasteiger partial charge in [0.25, 0.3) is 5.91 Å². The van der Waals surface area contributed by atoms with E-state index >= 15 is 0 Å². The van der Waals surface area contributed by atoms with Gasteiger partial charge in [0, 0.05) is 19.3 Å². The molecule has 1 aromatic carbocycles. The molecule has 0 unspecified atom stereocenters. The fourth-order valence-electron chi connectivity index (χ4n) is 2.64. The number of nitrogens with zero attached hydrogens (tertiary/aromatic N) is 3. The minimum atomic E-state index is -0.885. The fourth-order valence-corrected chi connectivity index (χ4v) is 2.64. The van der Waals surface area contributed by atoms with Crippen molar-refractivity contribution < 1.29 is 19.1 Å². The van der Waals surface area contributed by atoms with E-state index in [1.807, 2.05) is 0 Å². The SMILES string of the molecule is COc1ccc(CN2C(=O)N[C@@H](CC(=O)Nc3ccn(C)n3)C2=O)cc1. The molecule has 26 heavy (non-hydrogen) atoms. The van der Waals surface area contributed by atoms with Gasteiger partial charge < -0.3 is 15.4 Å². The number of hydrogen-bond acceptors (Lipinski definition) is 5. The van der Waals surface area contributed by atoms with Crippen LogP contribution >= 0.6 is 0 Å². The van der Waals surface area contributed by atoms with E-state index in [1.165, 1.54) is 0 Å². The van der Waals surface area contributed by atoms with E-state index in [0.29, 0.717) is 11.6 Å². The molecule has 2 heterocycles. The number of imide groups is 1. The molecule has 1 aliphatic heterocycles. The third kappa shape index (κ3) is 3.82. The number of benzene rings is 1. The van der Waals surface area contributed by atoms with Crippen molar-refractivity contribution in [2.24, 2.45) is 7.05 Å². The highest BCUT2D eigenvalue weighted by atomic mass is 16.5. The molecule has 0 spiro atoms. The first-order chi connectivity index (χ1) is 12.5. The minimum Gasteiger partial charge on any atom is -0.497 e. The summed E-state index contributed by atoms with van der Waals surface area (Å²) < 4.78 is 6.63. The number of anilines is 1. The Bertz CT molecular complexity index is 830. The highest BCUT2D eigenvalue weighted by Crippen LogP contribution is 2.17. The lowest BCUT2D eigenvalue weighted by molar-refractivity contribution is -0.130. The van der Waals surface area contributed by atoms with Crippen molar-refractivity contribution in [3.63, 3.8) is 0 Å². The third-order valence-corrected chi connectivity index (χ3v) is 3.98. The summed E-state index contributed by atoms with van der Waals surface area (Å²) in [6.45, 7) is 0.132. The Labute approximate surface area is 149 Å². The second-order valence-corrected chi connectivity index (χ2v) is 5.90. The van der Waals surface area contributed by atoms with E-state index in [0.717, 1.165) is 10.5 Å². The Hall–Kier alpha value is -3.36. The predicted octanol–water partition coefficient (Wildman–Crippen LogP) is 0.878. The van der Waals surface area contributed by atoms with Gasteiger partial charge in [-0.25, -0.2) is 4.79 Å². The van der Waals surface area contributed by atoms with Crippen molar-refractivity contribution in [3.8, 4) is 5.75 Å². The minimum absolute atomic E-state index is 0.132. The second kappa shape index (κ2) is 7.26. The van der Waals surface area contributed by atoms with Crippen molar-refractivity contribution in [2.45, 2.75) is 19.0 Å². The van der Waals surface area contributed by atoms with E-state index in [9.17, 15) is 14.4 Å². The van der Waals surface area contributed by atoms with Gasteiger partial charge in [-0.2, -0.15) is 5.10 Å². The van der Waals surface area contributed by atoms with Crippen LogP contribution in [0.15, 0.2) is 36.5 Å². The fraction of sp³-hybridized carbons (Fsp3) is 0.294. The molecule has 0 aliphatic carbocycles. The summed E-state index contributed by atoms with van der Waals surface area (Å²) in [6, 6.07) is 7.31. The van der Waals surface area contributed by atoms with Gasteiger partial charge in [0.15, 0.2) is 5.82 Å². The average Bonchev–Trinajstić information content (AvgIpc) is 3.13. The first kappa shape index (κ1) is 17.5. The Morgan fingerprint density at radius 2 is 2.00 bits per heavy atom. The summed E-state index contributed by atoms with van der Waals surface area (Å²) in [6.07, 6.45) is 1.54. The van der Waals surface area contributed by atoms with Crippen LogP contribution in [0.5, 0.6) is 5.75 Å². The van der Waals surface area contributed by atoms with Crippen LogP contribution in [-0.4, -0.2) is 45.7 Å². The van der Waals surface area contributed by atoms with Crippen LogP contribution in [0.4, 0.5) is 10.6 Å². The third-order valence-electron chi connectivity index (χ3n) is 3.98. The smallest absolute Gasteiger partial charge is 0.325 e. The second-order valence-electron chi connectivity index (χ2n) is 5.90. The molecular formula is C17H19N5O4. The van der Waals surface area contributed by atoms with Crippen molar-refractivity contribution in [3.05, 3.63) is 42.1 Å². The Morgan fingerprint density at radius 3 is 2.62 bits per heavy atom. The molecule has 0 radical (unpaired) electrons. The maximum Gasteiger partial charge on any atom is 0.325 e. The van der Waals surface area contributed by atoms with Crippen LogP contribution in [0.25, 0.3) is 0 Å². The molecule has 2 N–H and O–H groups in total. The van der Waals surface area contributed by atoms with Gasteiger partial charge >= 0.3 is 6.03 Å².